The van der Waals surface area contributed by atoms with E-state index in [1.54, 1.807) is 22.7 Å². The van der Waals surface area contributed by atoms with Gasteiger partial charge in [-0.2, -0.15) is 0 Å². The second-order valence-corrected chi connectivity index (χ2v) is 7.94. The fourth-order valence-electron chi connectivity index (χ4n) is 3.01. The molecule has 2 heterocycles. The van der Waals surface area contributed by atoms with Crippen LogP contribution < -0.4 is 0 Å². The lowest BCUT2D eigenvalue weighted by atomic mass is 9.97. The van der Waals surface area contributed by atoms with Crippen molar-refractivity contribution in [2.45, 2.75) is 33.1 Å². The highest BCUT2D eigenvalue weighted by Gasteiger charge is 2.17. The summed E-state index contributed by atoms with van der Waals surface area (Å²) in [6, 6.07) is 10.9. The number of aromatic nitrogens is 2. The molecule has 0 fully saturated rings. The molecule has 4 rings (SSSR count). The van der Waals surface area contributed by atoms with Gasteiger partial charge >= 0.3 is 0 Å². The Balaban J connectivity index is 1.96. The van der Waals surface area contributed by atoms with Gasteiger partial charge in [0.2, 0.25) is 0 Å². The first kappa shape index (κ1) is 14.8. The van der Waals surface area contributed by atoms with Crippen LogP contribution in [0.1, 0.15) is 37.8 Å². The number of aryl methyl sites for hydroxylation is 1. The number of benzene rings is 2. The number of hydrogen-bond donors (Lipinski definition) is 0. The van der Waals surface area contributed by atoms with Crippen molar-refractivity contribution >= 4 is 43.1 Å². The Morgan fingerprint density at radius 3 is 2.70 bits per heavy atom. The van der Waals surface area contributed by atoms with Crippen LogP contribution in [0.2, 0.25) is 0 Å². The standard InChI is InChI=1S/C19H18N2S2/c1-4-12-5-7-14-16(9-12)23-19(21-14)13-6-8-15-18(22-10-20-15)17(13)11(2)3/h5-11H,4H2,1-3H3. The Labute approximate surface area is 143 Å². The molecule has 0 saturated heterocycles. The lowest BCUT2D eigenvalue weighted by molar-refractivity contribution is 0.880. The summed E-state index contributed by atoms with van der Waals surface area (Å²) in [7, 11) is 0. The van der Waals surface area contributed by atoms with Crippen LogP contribution in [0.25, 0.3) is 31.0 Å². The number of fused-ring (bicyclic) bond motifs is 2. The molecule has 0 atom stereocenters. The highest BCUT2D eigenvalue weighted by Crippen LogP contribution is 2.39. The van der Waals surface area contributed by atoms with Crippen molar-refractivity contribution in [1.29, 1.82) is 0 Å². The molecule has 0 aliphatic rings. The molecule has 2 nitrogen and oxygen atoms in total. The highest BCUT2D eigenvalue weighted by molar-refractivity contribution is 7.21. The highest BCUT2D eigenvalue weighted by atomic mass is 32.1. The maximum atomic E-state index is 4.90. The molecule has 116 valence electrons. The third kappa shape index (κ3) is 2.46. The van der Waals surface area contributed by atoms with Crippen LogP contribution >= 0.6 is 22.7 Å². The third-order valence-corrected chi connectivity index (χ3v) is 6.13. The van der Waals surface area contributed by atoms with E-state index in [4.69, 9.17) is 4.98 Å². The molecular formula is C19H18N2S2. The van der Waals surface area contributed by atoms with Crippen LogP contribution in [-0.2, 0) is 6.42 Å². The summed E-state index contributed by atoms with van der Waals surface area (Å²) in [5.41, 5.74) is 8.13. The number of nitrogens with zero attached hydrogens (tertiary/aromatic N) is 2. The van der Waals surface area contributed by atoms with Gasteiger partial charge in [0.25, 0.3) is 0 Å². The topological polar surface area (TPSA) is 25.8 Å². The lowest BCUT2D eigenvalue weighted by Crippen LogP contribution is -1.92. The van der Waals surface area contributed by atoms with Crippen LogP contribution in [0.15, 0.2) is 35.8 Å². The second-order valence-electron chi connectivity index (χ2n) is 6.06. The van der Waals surface area contributed by atoms with E-state index in [-0.39, 0.29) is 0 Å². The molecule has 0 aliphatic heterocycles. The quantitative estimate of drug-likeness (QED) is 0.440. The molecule has 23 heavy (non-hydrogen) atoms. The Hall–Kier alpha value is -1.78. The number of hydrogen-bond acceptors (Lipinski definition) is 4. The smallest absolute Gasteiger partial charge is 0.124 e. The Morgan fingerprint density at radius 2 is 1.91 bits per heavy atom. The molecule has 4 aromatic rings. The lowest BCUT2D eigenvalue weighted by Gasteiger charge is -2.11. The van der Waals surface area contributed by atoms with E-state index in [1.165, 1.54) is 26.1 Å². The third-order valence-electron chi connectivity index (χ3n) is 4.21. The summed E-state index contributed by atoms with van der Waals surface area (Å²) in [4.78, 5) is 9.36. The Bertz CT molecular complexity index is 995. The first-order valence-corrected chi connectivity index (χ1v) is 9.63. The monoisotopic (exact) mass is 338 g/mol. The first-order valence-electron chi connectivity index (χ1n) is 7.93. The van der Waals surface area contributed by atoms with Gasteiger partial charge < -0.3 is 0 Å². The zero-order chi connectivity index (χ0) is 16.0. The van der Waals surface area contributed by atoms with Gasteiger partial charge in [-0.05, 0) is 47.7 Å². The minimum Gasteiger partial charge on any atom is -0.245 e. The van der Waals surface area contributed by atoms with E-state index < -0.39 is 0 Å². The summed E-state index contributed by atoms with van der Waals surface area (Å²) in [6.07, 6.45) is 1.06. The van der Waals surface area contributed by atoms with Crippen molar-refractivity contribution in [3.63, 3.8) is 0 Å². The predicted molar refractivity (Wildman–Crippen MR) is 102 cm³/mol. The van der Waals surface area contributed by atoms with Gasteiger partial charge in [0, 0.05) is 5.56 Å². The maximum Gasteiger partial charge on any atom is 0.124 e. The van der Waals surface area contributed by atoms with Crippen LogP contribution in [0, 0.1) is 0 Å². The van der Waals surface area contributed by atoms with E-state index in [9.17, 15) is 0 Å². The van der Waals surface area contributed by atoms with Gasteiger partial charge in [0.05, 0.1) is 25.9 Å². The van der Waals surface area contributed by atoms with Crippen LogP contribution in [0.4, 0.5) is 0 Å². The second kappa shape index (κ2) is 5.69. The van der Waals surface area contributed by atoms with Gasteiger partial charge in [0.1, 0.15) is 5.01 Å². The van der Waals surface area contributed by atoms with Crippen LogP contribution in [0.3, 0.4) is 0 Å². The van der Waals surface area contributed by atoms with Crippen molar-refractivity contribution in [2.24, 2.45) is 0 Å². The van der Waals surface area contributed by atoms with Crippen molar-refractivity contribution in [2.75, 3.05) is 0 Å². The fourth-order valence-corrected chi connectivity index (χ4v) is 5.07. The SMILES string of the molecule is CCc1ccc2nc(-c3ccc4ncsc4c3C(C)C)sc2c1. The van der Waals surface area contributed by atoms with E-state index in [2.05, 4.69) is 56.1 Å². The molecule has 4 heteroatoms. The predicted octanol–water partition coefficient (Wildman–Crippen LogP) is 6.26. The normalized spacial score (nSPS) is 11.8. The molecule has 0 spiro atoms. The zero-order valence-electron chi connectivity index (χ0n) is 13.5. The average Bonchev–Trinajstić information content (AvgIpc) is 3.18. The molecule has 2 aromatic heterocycles. The molecule has 0 radical (unpaired) electrons. The summed E-state index contributed by atoms with van der Waals surface area (Å²) in [6.45, 7) is 6.69. The van der Waals surface area contributed by atoms with Crippen LogP contribution in [0.5, 0.6) is 0 Å². The van der Waals surface area contributed by atoms with Gasteiger partial charge in [-0.15, -0.1) is 22.7 Å². The van der Waals surface area contributed by atoms with E-state index >= 15 is 0 Å². The molecule has 0 unspecified atom stereocenters. The first-order chi connectivity index (χ1) is 11.2. The average molecular weight is 339 g/mol. The Kier molecular flexibility index (Phi) is 3.66. The van der Waals surface area contributed by atoms with Gasteiger partial charge in [-0.1, -0.05) is 26.8 Å². The Morgan fingerprint density at radius 1 is 1.09 bits per heavy atom. The molecule has 0 N–H and O–H groups in total. The summed E-state index contributed by atoms with van der Waals surface area (Å²) in [5, 5.41) is 1.12. The number of rotatable bonds is 3. The minimum absolute atomic E-state index is 0.451. The van der Waals surface area contributed by atoms with Gasteiger partial charge in [-0.25, -0.2) is 9.97 Å². The largest absolute Gasteiger partial charge is 0.245 e. The van der Waals surface area contributed by atoms with E-state index in [0.717, 1.165) is 22.5 Å². The van der Waals surface area contributed by atoms with Gasteiger partial charge in [-0.3, -0.25) is 0 Å². The summed E-state index contributed by atoms with van der Waals surface area (Å²) in [5.74, 6) is 0.451. The molecule has 0 bridgehead atoms. The molecule has 2 aromatic carbocycles. The fraction of sp³-hybridized carbons (Fsp3) is 0.263. The van der Waals surface area contributed by atoms with Crippen LogP contribution in [-0.4, -0.2) is 9.97 Å². The minimum atomic E-state index is 0.451. The summed E-state index contributed by atoms with van der Waals surface area (Å²) >= 11 is 3.53. The zero-order valence-corrected chi connectivity index (χ0v) is 15.1. The molecule has 0 aliphatic carbocycles. The maximum absolute atomic E-state index is 4.90. The number of thiazole rings is 2. The van der Waals surface area contributed by atoms with E-state index in [1.807, 2.05) is 5.51 Å². The summed E-state index contributed by atoms with van der Waals surface area (Å²) < 4.78 is 2.57. The van der Waals surface area contributed by atoms with Crippen molar-refractivity contribution < 1.29 is 0 Å². The molecule has 0 saturated carbocycles. The van der Waals surface area contributed by atoms with Crippen molar-refractivity contribution in [3.05, 3.63) is 47.0 Å². The van der Waals surface area contributed by atoms with Crippen molar-refractivity contribution in [3.8, 4) is 10.6 Å². The van der Waals surface area contributed by atoms with Gasteiger partial charge in [0.15, 0.2) is 0 Å². The van der Waals surface area contributed by atoms with Crippen molar-refractivity contribution in [1.82, 2.24) is 9.97 Å². The molecular weight excluding hydrogens is 320 g/mol. The molecule has 0 amide bonds. The van der Waals surface area contributed by atoms with E-state index in [0.29, 0.717) is 5.92 Å².